The van der Waals surface area contributed by atoms with Gasteiger partial charge in [0.15, 0.2) is 0 Å². The summed E-state index contributed by atoms with van der Waals surface area (Å²) in [4.78, 5) is 4.84. The smallest absolute Gasteiger partial charge is 0.0865 e. The fraction of sp³-hybridized carbons (Fsp3) is 1.00. The lowest BCUT2D eigenvalue weighted by Crippen LogP contribution is -2.40. The van der Waals surface area contributed by atoms with E-state index in [1.54, 1.807) is 0 Å². The Morgan fingerprint density at radius 3 is 2.11 bits per heavy atom. The maximum Gasteiger partial charge on any atom is 0.0865 e. The number of hydrogen-bond donors (Lipinski definition) is 1. The third kappa shape index (κ3) is 1.25. The first-order chi connectivity index (χ1) is 4.17. The lowest BCUT2D eigenvalue weighted by molar-refractivity contribution is -0.0855. The van der Waals surface area contributed by atoms with E-state index in [1.165, 1.54) is 19.3 Å². The first-order valence-corrected chi connectivity index (χ1v) is 3.54. The van der Waals surface area contributed by atoms with E-state index in [4.69, 9.17) is 10.7 Å². The minimum absolute atomic E-state index is 0.0851. The molecule has 0 unspecified atom stereocenters. The zero-order chi connectivity index (χ0) is 6.91. The Bertz CT molecular complexity index is 97.1. The van der Waals surface area contributed by atoms with Crippen LogP contribution in [0, 0.1) is 5.92 Å². The van der Waals surface area contributed by atoms with Gasteiger partial charge in [-0.2, -0.15) is 0 Å². The highest BCUT2D eigenvalue weighted by molar-refractivity contribution is 4.84. The van der Waals surface area contributed by atoms with E-state index in [0.29, 0.717) is 5.92 Å². The Labute approximate surface area is 56.3 Å². The van der Waals surface area contributed by atoms with Crippen LogP contribution in [0.2, 0.25) is 0 Å². The van der Waals surface area contributed by atoms with Gasteiger partial charge in [-0.3, -0.25) is 4.84 Å². The first kappa shape index (κ1) is 7.03. The summed E-state index contributed by atoms with van der Waals surface area (Å²) in [5, 5.41) is 0. The summed E-state index contributed by atoms with van der Waals surface area (Å²) in [6, 6.07) is 0. The summed E-state index contributed by atoms with van der Waals surface area (Å²) in [6.07, 6.45) is 3.91. The van der Waals surface area contributed by atoms with E-state index in [-0.39, 0.29) is 5.60 Å². The van der Waals surface area contributed by atoms with Crippen molar-refractivity contribution in [3.05, 3.63) is 0 Å². The van der Waals surface area contributed by atoms with Gasteiger partial charge in [-0.1, -0.05) is 6.42 Å². The normalized spacial score (nSPS) is 21.7. The molecule has 1 fully saturated rings. The highest BCUT2D eigenvalue weighted by atomic mass is 16.6. The molecule has 2 nitrogen and oxygen atoms in total. The summed E-state index contributed by atoms with van der Waals surface area (Å²) in [5.74, 6) is 5.81. The molecular weight excluding hydrogens is 114 g/mol. The van der Waals surface area contributed by atoms with Crippen LogP contribution < -0.4 is 5.90 Å². The van der Waals surface area contributed by atoms with Crippen LogP contribution in [0.3, 0.4) is 0 Å². The van der Waals surface area contributed by atoms with E-state index in [9.17, 15) is 0 Å². The van der Waals surface area contributed by atoms with Crippen molar-refractivity contribution in [2.75, 3.05) is 0 Å². The average molecular weight is 129 g/mol. The van der Waals surface area contributed by atoms with Crippen LogP contribution in [0.4, 0.5) is 0 Å². The standard InChI is InChI=1S/C7H15NO/c1-7(2,9-8)6-4-3-5-6/h6H,3-5,8H2,1-2H3. The Hall–Kier alpha value is -0.0800. The van der Waals surface area contributed by atoms with Crippen molar-refractivity contribution in [1.82, 2.24) is 0 Å². The van der Waals surface area contributed by atoms with Gasteiger partial charge < -0.3 is 0 Å². The molecule has 0 aliphatic heterocycles. The van der Waals surface area contributed by atoms with Gasteiger partial charge in [0.1, 0.15) is 0 Å². The van der Waals surface area contributed by atoms with Crippen molar-refractivity contribution < 1.29 is 4.84 Å². The maximum atomic E-state index is 5.12. The number of rotatable bonds is 2. The second-order valence-electron chi connectivity index (χ2n) is 3.35. The summed E-state index contributed by atoms with van der Waals surface area (Å²) >= 11 is 0. The van der Waals surface area contributed by atoms with Gasteiger partial charge in [0, 0.05) is 0 Å². The van der Waals surface area contributed by atoms with Crippen LogP contribution in [-0.2, 0) is 4.84 Å². The number of nitrogens with two attached hydrogens (primary N) is 1. The van der Waals surface area contributed by atoms with Crippen molar-refractivity contribution in [2.45, 2.75) is 38.7 Å². The van der Waals surface area contributed by atoms with E-state index in [2.05, 4.69) is 13.8 Å². The molecule has 54 valence electrons. The minimum atomic E-state index is -0.0851. The van der Waals surface area contributed by atoms with Gasteiger partial charge in [-0.25, -0.2) is 5.90 Å². The van der Waals surface area contributed by atoms with Crippen molar-refractivity contribution >= 4 is 0 Å². The molecular formula is C7H15NO. The molecule has 0 saturated heterocycles. The van der Waals surface area contributed by atoms with Gasteiger partial charge in [0.2, 0.25) is 0 Å². The molecule has 0 aromatic rings. The van der Waals surface area contributed by atoms with Gasteiger partial charge >= 0.3 is 0 Å². The molecule has 2 N–H and O–H groups in total. The van der Waals surface area contributed by atoms with Crippen LogP contribution in [-0.4, -0.2) is 5.60 Å². The van der Waals surface area contributed by atoms with Crippen LogP contribution in [0.15, 0.2) is 0 Å². The molecule has 0 spiro atoms. The zero-order valence-corrected chi connectivity index (χ0v) is 6.18. The van der Waals surface area contributed by atoms with Crippen molar-refractivity contribution in [3.8, 4) is 0 Å². The molecule has 0 heterocycles. The fourth-order valence-corrected chi connectivity index (χ4v) is 1.20. The van der Waals surface area contributed by atoms with E-state index in [1.807, 2.05) is 0 Å². The monoisotopic (exact) mass is 129 g/mol. The van der Waals surface area contributed by atoms with Crippen molar-refractivity contribution in [1.29, 1.82) is 0 Å². The summed E-state index contributed by atoms with van der Waals surface area (Å²) in [5.41, 5.74) is -0.0851. The predicted octanol–water partition coefficient (Wildman–Crippen LogP) is 1.46. The molecule has 0 atom stereocenters. The Kier molecular flexibility index (Phi) is 1.78. The average Bonchev–Trinajstić information content (AvgIpc) is 1.60. The van der Waals surface area contributed by atoms with E-state index < -0.39 is 0 Å². The Morgan fingerprint density at radius 2 is 2.00 bits per heavy atom. The van der Waals surface area contributed by atoms with E-state index >= 15 is 0 Å². The van der Waals surface area contributed by atoms with Crippen molar-refractivity contribution in [2.24, 2.45) is 11.8 Å². The molecule has 0 bridgehead atoms. The summed E-state index contributed by atoms with van der Waals surface area (Å²) in [7, 11) is 0. The molecule has 2 heteroatoms. The Balaban J connectivity index is 2.37. The summed E-state index contributed by atoms with van der Waals surface area (Å²) < 4.78 is 0. The molecule has 0 radical (unpaired) electrons. The zero-order valence-electron chi connectivity index (χ0n) is 6.18. The van der Waals surface area contributed by atoms with Crippen LogP contribution in [0.25, 0.3) is 0 Å². The third-order valence-electron chi connectivity index (χ3n) is 2.39. The van der Waals surface area contributed by atoms with Gasteiger partial charge in [-0.05, 0) is 32.6 Å². The van der Waals surface area contributed by atoms with Crippen LogP contribution in [0.5, 0.6) is 0 Å². The quantitative estimate of drug-likeness (QED) is 0.573. The molecule has 0 aromatic heterocycles. The van der Waals surface area contributed by atoms with E-state index in [0.717, 1.165) is 0 Å². The summed E-state index contributed by atoms with van der Waals surface area (Å²) in [6.45, 7) is 4.10. The Morgan fingerprint density at radius 1 is 1.44 bits per heavy atom. The molecule has 1 aliphatic rings. The van der Waals surface area contributed by atoms with Crippen LogP contribution in [0.1, 0.15) is 33.1 Å². The largest absolute Gasteiger partial charge is 0.298 e. The third-order valence-corrected chi connectivity index (χ3v) is 2.39. The predicted molar refractivity (Wildman–Crippen MR) is 36.7 cm³/mol. The second kappa shape index (κ2) is 2.27. The molecule has 1 saturated carbocycles. The molecule has 0 amide bonds. The number of hydrogen-bond acceptors (Lipinski definition) is 2. The van der Waals surface area contributed by atoms with Crippen LogP contribution >= 0.6 is 0 Å². The molecule has 9 heavy (non-hydrogen) atoms. The second-order valence-corrected chi connectivity index (χ2v) is 3.35. The minimum Gasteiger partial charge on any atom is -0.298 e. The highest BCUT2D eigenvalue weighted by Gasteiger charge is 2.34. The molecule has 1 aliphatic carbocycles. The first-order valence-electron chi connectivity index (χ1n) is 3.54. The maximum absolute atomic E-state index is 5.12. The SMILES string of the molecule is CC(C)(ON)C1CCC1. The fourth-order valence-electron chi connectivity index (χ4n) is 1.20. The lowest BCUT2D eigenvalue weighted by Gasteiger charge is -2.38. The topological polar surface area (TPSA) is 35.2 Å². The molecule has 1 rings (SSSR count). The van der Waals surface area contributed by atoms with Gasteiger partial charge in [-0.15, -0.1) is 0 Å². The van der Waals surface area contributed by atoms with Gasteiger partial charge in [0.25, 0.3) is 0 Å². The van der Waals surface area contributed by atoms with Crippen molar-refractivity contribution in [3.63, 3.8) is 0 Å². The molecule has 0 aromatic carbocycles. The lowest BCUT2D eigenvalue weighted by atomic mass is 9.75. The highest BCUT2D eigenvalue weighted by Crippen LogP contribution is 2.36. The van der Waals surface area contributed by atoms with Gasteiger partial charge in [0.05, 0.1) is 5.60 Å².